The first kappa shape index (κ1) is 25.3. The largest absolute Gasteiger partial charge is 0.463 e. The van der Waals surface area contributed by atoms with Gasteiger partial charge in [0, 0.05) is 13.3 Å². The van der Waals surface area contributed by atoms with E-state index in [-0.39, 0.29) is 18.8 Å². The fraction of sp³-hybridized carbons (Fsp3) is 0.652. The highest BCUT2D eigenvalue weighted by atomic mass is 16.5. The number of ketones is 1. The van der Waals surface area contributed by atoms with Crippen LogP contribution in [-0.2, 0) is 14.3 Å². The molecule has 154 valence electrons. The van der Waals surface area contributed by atoms with Crippen molar-refractivity contribution in [2.45, 2.75) is 90.6 Å². The Balaban J connectivity index is 3.52. The molecule has 0 aliphatic heterocycles. The van der Waals surface area contributed by atoms with Gasteiger partial charge >= 0.3 is 5.97 Å². The van der Waals surface area contributed by atoms with Gasteiger partial charge in [0.15, 0.2) is 5.78 Å². The van der Waals surface area contributed by atoms with Gasteiger partial charge in [-0.2, -0.15) is 0 Å². The Hall–Kier alpha value is -1.68. The van der Waals surface area contributed by atoms with Crippen molar-refractivity contribution >= 4 is 11.8 Å². The van der Waals surface area contributed by atoms with Crippen LogP contribution in [0.15, 0.2) is 36.5 Å². The van der Waals surface area contributed by atoms with Crippen LogP contribution in [-0.4, -0.2) is 29.6 Å². The molecule has 4 heteroatoms. The third-order valence-corrected chi connectivity index (χ3v) is 4.04. The van der Waals surface area contributed by atoms with Gasteiger partial charge in [0.05, 0.1) is 6.10 Å². The van der Waals surface area contributed by atoms with Crippen LogP contribution in [0.3, 0.4) is 0 Å². The van der Waals surface area contributed by atoms with Crippen LogP contribution < -0.4 is 0 Å². The SMILES string of the molecule is CCCCCC=CCC=CCCCCCC=CC(=O)C[C@@H](O)COC(C)=O. The van der Waals surface area contributed by atoms with Crippen molar-refractivity contribution < 1.29 is 19.4 Å². The summed E-state index contributed by atoms with van der Waals surface area (Å²) in [4.78, 5) is 22.3. The van der Waals surface area contributed by atoms with E-state index in [9.17, 15) is 14.7 Å². The first-order valence-corrected chi connectivity index (χ1v) is 10.4. The number of carbonyl (C=O) groups excluding carboxylic acids is 2. The minimum atomic E-state index is -0.927. The van der Waals surface area contributed by atoms with Crippen LogP contribution in [0.25, 0.3) is 0 Å². The maximum atomic E-state index is 11.6. The van der Waals surface area contributed by atoms with Gasteiger partial charge in [-0.1, -0.05) is 56.6 Å². The molecule has 0 rings (SSSR count). The average Bonchev–Trinajstić information content (AvgIpc) is 2.63. The molecule has 0 fully saturated rings. The number of aliphatic hydroxyl groups is 1. The second kappa shape index (κ2) is 19.1. The van der Waals surface area contributed by atoms with E-state index < -0.39 is 12.1 Å². The summed E-state index contributed by atoms with van der Waals surface area (Å²) in [5.41, 5.74) is 0. The lowest BCUT2D eigenvalue weighted by Crippen LogP contribution is -2.20. The minimum Gasteiger partial charge on any atom is -0.463 e. The minimum absolute atomic E-state index is 0.0123. The van der Waals surface area contributed by atoms with Crippen molar-refractivity contribution in [1.82, 2.24) is 0 Å². The van der Waals surface area contributed by atoms with Gasteiger partial charge in [-0.25, -0.2) is 0 Å². The molecule has 0 saturated carbocycles. The van der Waals surface area contributed by atoms with Crippen LogP contribution in [0, 0.1) is 0 Å². The quantitative estimate of drug-likeness (QED) is 0.158. The summed E-state index contributed by atoms with van der Waals surface area (Å²) in [6.45, 7) is 3.37. The third kappa shape index (κ3) is 20.5. The summed E-state index contributed by atoms with van der Waals surface area (Å²) in [6.07, 6.45) is 22.9. The Bertz CT molecular complexity index is 463. The molecule has 0 aromatic carbocycles. The monoisotopic (exact) mass is 378 g/mol. The number of allylic oxidation sites excluding steroid dienone is 6. The molecular weight excluding hydrogens is 340 g/mol. The molecule has 0 heterocycles. The fourth-order valence-corrected chi connectivity index (χ4v) is 2.51. The molecule has 0 aromatic rings. The van der Waals surface area contributed by atoms with E-state index in [2.05, 4.69) is 36.0 Å². The molecule has 27 heavy (non-hydrogen) atoms. The van der Waals surface area contributed by atoms with Gasteiger partial charge in [-0.15, -0.1) is 0 Å². The van der Waals surface area contributed by atoms with Gasteiger partial charge in [-0.05, 0) is 51.0 Å². The standard InChI is InChI=1S/C23H38O4/c1-3-4-5-6-7-8-9-10-11-12-13-14-15-16-17-18-22(25)19-23(26)20-27-21(2)24/h7-8,10-11,17-18,23,26H,3-6,9,12-16,19-20H2,1-2H3/t23-/m1/s1. The second-order valence-electron chi connectivity index (χ2n) is 6.84. The van der Waals surface area contributed by atoms with E-state index in [4.69, 9.17) is 0 Å². The maximum absolute atomic E-state index is 11.6. The molecule has 0 saturated heterocycles. The van der Waals surface area contributed by atoms with Crippen LogP contribution in [0.2, 0.25) is 0 Å². The van der Waals surface area contributed by atoms with Gasteiger partial charge in [0.1, 0.15) is 6.61 Å². The highest BCUT2D eigenvalue weighted by Gasteiger charge is 2.09. The number of esters is 1. The molecule has 0 aliphatic carbocycles. The first-order chi connectivity index (χ1) is 13.1. The van der Waals surface area contributed by atoms with E-state index in [0.29, 0.717) is 0 Å². The Morgan fingerprint density at radius 2 is 1.48 bits per heavy atom. The molecule has 0 aromatic heterocycles. The number of hydrogen-bond acceptors (Lipinski definition) is 4. The van der Waals surface area contributed by atoms with Gasteiger partial charge in [0.25, 0.3) is 0 Å². The highest BCUT2D eigenvalue weighted by Crippen LogP contribution is 2.06. The average molecular weight is 379 g/mol. The van der Waals surface area contributed by atoms with E-state index in [0.717, 1.165) is 32.1 Å². The number of rotatable bonds is 17. The maximum Gasteiger partial charge on any atom is 0.302 e. The molecular formula is C23H38O4. The van der Waals surface area contributed by atoms with Crippen LogP contribution in [0.1, 0.15) is 84.5 Å². The molecule has 1 atom stereocenters. The van der Waals surface area contributed by atoms with Crippen LogP contribution >= 0.6 is 0 Å². The third-order valence-electron chi connectivity index (χ3n) is 4.04. The van der Waals surface area contributed by atoms with Crippen molar-refractivity contribution in [2.24, 2.45) is 0 Å². The molecule has 0 aliphatic rings. The highest BCUT2D eigenvalue weighted by molar-refractivity contribution is 5.89. The number of unbranched alkanes of at least 4 members (excludes halogenated alkanes) is 7. The second-order valence-corrected chi connectivity index (χ2v) is 6.84. The molecule has 0 radical (unpaired) electrons. The van der Waals surface area contributed by atoms with Crippen molar-refractivity contribution in [2.75, 3.05) is 6.61 Å². The Kier molecular flexibility index (Phi) is 17.9. The Labute approximate surface area is 165 Å². The first-order valence-electron chi connectivity index (χ1n) is 10.4. The van der Waals surface area contributed by atoms with Crippen molar-refractivity contribution in [1.29, 1.82) is 0 Å². The summed E-state index contributed by atoms with van der Waals surface area (Å²) in [6, 6.07) is 0. The lowest BCUT2D eigenvalue weighted by molar-refractivity contribution is -0.144. The van der Waals surface area contributed by atoms with Crippen molar-refractivity contribution in [3.05, 3.63) is 36.5 Å². The van der Waals surface area contributed by atoms with Gasteiger partial charge < -0.3 is 9.84 Å². The lowest BCUT2D eigenvalue weighted by Gasteiger charge is -2.07. The van der Waals surface area contributed by atoms with Crippen LogP contribution in [0.5, 0.6) is 0 Å². The summed E-state index contributed by atoms with van der Waals surface area (Å²) < 4.78 is 4.66. The zero-order valence-electron chi connectivity index (χ0n) is 17.2. The van der Waals surface area contributed by atoms with Gasteiger partial charge in [0.2, 0.25) is 0 Å². The summed E-state index contributed by atoms with van der Waals surface area (Å²) in [5, 5.41) is 9.55. The smallest absolute Gasteiger partial charge is 0.302 e. The zero-order chi connectivity index (χ0) is 20.2. The number of aliphatic hydroxyl groups excluding tert-OH is 1. The number of carbonyl (C=O) groups is 2. The summed E-state index contributed by atoms with van der Waals surface area (Å²) in [5.74, 6) is -0.592. The predicted octanol–water partition coefficient (Wildman–Crippen LogP) is 5.46. The molecule has 0 bridgehead atoms. The Morgan fingerprint density at radius 3 is 2.07 bits per heavy atom. The Morgan fingerprint density at radius 1 is 0.889 bits per heavy atom. The van der Waals surface area contributed by atoms with Gasteiger partial charge in [-0.3, -0.25) is 9.59 Å². The normalized spacial score (nSPS) is 13.0. The van der Waals surface area contributed by atoms with E-state index >= 15 is 0 Å². The lowest BCUT2D eigenvalue weighted by atomic mass is 10.1. The molecule has 0 unspecified atom stereocenters. The zero-order valence-corrected chi connectivity index (χ0v) is 17.2. The predicted molar refractivity (Wildman–Crippen MR) is 112 cm³/mol. The molecule has 0 spiro atoms. The summed E-state index contributed by atoms with van der Waals surface area (Å²) >= 11 is 0. The molecule has 0 amide bonds. The number of hydrogen-bond donors (Lipinski definition) is 1. The fourth-order valence-electron chi connectivity index (χ4n) is 2.51. The van der Waals surface area contributed by atoms with Crippen molar-refractivity contribution in [3.63, 3.8) is 0 Å². The van der Waals surface area contributed by atoms with E-state index in [1.807, 2.05) is 6.08 Å². The van der Waals surface area contributed by atoms with E-state index in [1.54, 1.807) is 0 Å². The molecule has 4 nitrogen and oxygen atoms in total. The van der Waals surface area contributed by atoms with Crippen LogP contribution in [0.4, 0.5) is 0 Å². The van der Waals surface area contributed by atoms with Crippen molar-refractivity contribution in [3.8, 4) is 0 Å². The summed E-state index contributed by atoms with van der Waals surface area (Å²) in [7, 11) is 0. The molecule has 1 N–H and O–H groups in total. The topological polar surface area (TPSA) is 63.6 Å². The number of ether oxygens (including phenoxy) is 1. The van der Waals surface area contributed by atoms with E-state index in [1.165, 1.54) is 45.1 Å².